The molecule has 0 spiro atoms. The van der Waals surface area contributed by atoms with Gasteiger partial charge < -0.3 is 9.47 Å². The zero-order chi connectivity index (χ0) is 17.1. The Kier molecular flexibility index (Phi) is 4.86. The molecule has 0 amide bonds. The van der Waals surface area contributed by atoms with Crippen LogP contribution in [-0.2, 0) is 9.53 Å². The Morgan fingerprint density at radius 3 is 2.58 bits per heavy atom. The predicted molar refractivity (Wildman–Crippen MR) is 91.7 cm³/mol. The van der Waals surface area contributed by atoms with E-state index in [0.29, 0.717) is 41.5 Å². The van der Waals surface area contributed by atoms with E-state index in [1.807, 2.05) is 18.2 Å². The van der Waals surface area contributed by atoms with Crippen LogP contribution in [0.5, 0.6) is 5.75 Å². The zero-order valence-electron chi connectivity index (χ0n) is 13.3. The number of ketones is 1. The van der Waals surface area contributed by atoms with Gasteiger partial charge >= 0.3 is 5.97 Å². The first kappa shape index (κ1) is 16.5. The molecule has 4 nitrogen and oxygen atoms in total. The van der Waals surface area contributed by atoms with Gasteiger partial charge in [-0.15, -0.1) is 0 Å². The van der Waals surface area contributed by atoms with Gasteiger partial charge in [0, 0.05) is 22.6 Å². The second kappa shape index (κ2) is 7.05. The maximum absolute atomic E-state index is 12.7. The average Bonchev–Trinajstić information content (AvgIpc) is 2.88. The Morgan fingerprint density at radius 1 is 1.08 bits per heavy atom. The monoisotopic (exact) mass is 344 g/mol. The Bertz CT molecular complexity index is 798. The van der Waals surface area contributed by atoms with Crippen LogP contribution in [0.15, 0.2) is 36.4 Å². The molecule has 0 fully saturated rings. The predicted octanol–water partition coefficient (Wildman–Crippen LogP) is 4.27. The van der Waals surface area contributed by atoms with Crippen LogP contribution in [0.3, 0.4) is 0 Å². The van der Waals surface area contributed by atoms with Gasteiger partial charge in [-0.25, -0.2) is 0 Å². The molecule has 24 heavy (non-hydrogen) atoms. The summed E-state index contributed by atoms with van der Waals surface area (Å²) in [5.41, 5.74) is 2.69. The fourth-order valence-electron chi connectivity index (χ4n) is 2.83. The molecule has 0 aromatic heterocycles. The number of benzene rings is 2. The molecule has 0 heterocycles. The first-order chi connectivity index (χ1) is 11.6. The maximum Gasteiger partial charge on any atom is 0.305 e. The first-order valence-corrected chi connectivity index (χ1v) is 8.26. The van der Waals surface area contributed by atoms with E-state index in [4.69, 9.17) is 21.1 Å². The van der Waals surface area contributed by atoms with Crippen molar-refractivity contribution in [2.75, 3.05) is 13.2 Å². The standard InChI is InChI=1S/C19H17ClO4/c1-2-23-16(21)8-5-11-24-15-10-9-14(20)17-12-6-3-4-7-13(12)19(22)18(15)17/h3-4,6-7,9-10H,2,5,8,11H2,1H3. The summed E-state index contributed by atoms with van der Waals surface area (Å²) in [5, 5.41) is 0.530. The van der Waals surface area contributed by atoms with Crippen molar-refractivity contribution in [1.82, 2.24) is 0 Å². The van der Waals surface area contributed by atoms with Crippen molar-refractivity contribution in [1.29, 1.82) is 0 Å². The smallest absolute Gasteiger partial charge is 0.305 e. The van der Waals surface area contributed by atoms with Gasteiger partial charge in [0.25, 0.3) is 0 Å². The third kappa shape index (κ3) is 3.02. The van der Waals surface area contributed by atoms with Crippen molar-refractivity contribution < 1.29 is 19.1 Å². The van der Waals surface area contributed by atoms with Crippen LogP contribution in [0.25, 0.3) is 11.1 Å². The van der Waals surface area contributed by atoms with Crippen molar-refractivity contribution >= 4 is 23.4 Å². The lowest BCUT2D eigenvalue weighted by Gasteiger charge is -2.11. The fraction of sp³-hybridized carbons (Fsp3) is 0.263. The van der Waals surface area contributed by atoms with Gasteiger partial charge in [-0.2, -0.15) is 0 Å². The molecular weight excluding hydrogens is 328 g/mol. The normalized spacial score (nSPS) is 11.8. The summed E-state index contributed by atoms with van der Waals surface area (Å²) in [4.78, 5) is 24.0. The molecule has 0 N–H and O–H groups in total. The summed E-state index contributed by atoms with van der Waals surface area (Å²) < 4.78 is 10.6. The SMILES string of the molecule is CCOC(=O)CCCOc1ccc(Cl)c2c1C(=O)c1ccccc1-2. The summed E-state index contributed by atoms with van der Waals surface area (Å²) in [6.45, 7) is 2.47. The molecule has 2 aromatic rings. The lowest BCUT2D eigenvalue weighted by atomic mass is 10.1. The van der Waals surface area contributed by atoms with Gasteiger partial charge in [-0.1, -0.05) is 35.9 Å². The molecule has 0 bridgehead atoms. The Morgan fingerprint density at radius 2 is 1.83 bits per heavy atom. The lowest BCUT2D eigenvalue weighted by Crippen LogP contribution is -2.08. The highest BCUT2D eigenvalue weighted by molar-refractivity contribution is 6.37. The van der Waals surface area contributed by atoms with Crippen molar-refractivity contribution in [2.24, 2.45) is 0 Å². The van der Waals surface area contributed by atoms with Crippen LogP contribution in [-0.4, -0.2) is 25.0 Å². The minimum Gasteiger partial charge on any atom is -0.493 e. The van der Waals surface area contributed by atoms with E-state index in [0.717, 1.165) is 11.1 Å². The Hall–Kier alpha value is -2.33. The fourth-order valence-corrected chi connectivity index (χ4v) is 3.09. The number of hydrogen-bond donors (Lipinski definition) is 0. The maximum atomic E-state index is 12.7. The first-order valence-electron chi connectivity index (χ1n) is 7.88. The van der Waals surface area contributed by atoms with E-state index in [-0.39, 0.29) is 18.2 Å². The largest absolute Gasteiger partial charge is 0.493 e. The number of rotatable bonds is 6. The molecule has 2 aromatic carbocycles. The summed E-state index contributed by atoms with van der Waals surface area (Å²) in [6, 6.07) is 10.8. The summed E-state index contributed by atoms with van der Waals surface area (Å²) in [6.07, 6.45) is 0.815. The van der Waals surface area contributed by atoms with Gasteiger partial charge in [0.1, 0.15) is 5.75 Å². The molecule has 1 aliphatic rings. The molecule has 0 aliphatic heterocycles. The van der Waals surface area contributed by atoms with E-state index in [1.165, 1.54) is 0 Å². The number of halogens is 1. The van der Waals surface area contributed by atoms with Crippen LogP contribution in [0.4, 0.5) is 0 Å². The van der Waals surface area contributed by atoms with Crippen molar-refractivity contribution in [2.45, 2.75) is 19.8 Å². The number of esters is 1. The highest BCUT2D eigenvalue weighted by Gasteiger charge is 2.31. The van der Waals surface area contributed by atoms with Gasteiger partial charge in [-0.05, 0) is 31.0 Å². The topological polar surface area (TPSA) is 52.6 Å². The number of carbonyl (C=O) groups excluding carboxylic acids is 2. The highest BCUT2D eigenvalue weighted by atomic mass is 35.5. The third-order valence-electron chi connectivity index (χ3n) is 3.87. The Labute approximate surface area is 145 Å². The van der Waals surface area contributed by atoms with E-state index in [1.54, 1.807) is 25.1 Å². The van der Waals surface area contributed by atoms with Crippen LogP contribution in [0.2, 0.25) is 5.02 Å². The van der Waals surface area contributed by atoms with Crippen LogP contribution >= 0.6 is 11.6 Å². The average molecular weight is 345 g/mol. The molecule has 5 heteroatoms. The van der Waals surface area contributed by atoms with E-state index >= 15 is 0 Å². The molecule has 3 rings (SSSR count). The summed E-state index contributed by atoms with van der Waals surface area (Å²) in [5.74, 6) is 0.175. The summed E-state index contributed by atoms with van der Waals surface area (Å²) in [7, 11) is 0. The zero-order valence-corrected chi connectivity index (χ0v) is 14.1. The molecule has 0 saturated heterocycles. The Balaban J connectivity index is 1.78. The minimum absolute atomic E-state index is 0.0801. The van der Waals surface area contributed by atoms with Gasteiger partial charge in [0.2, 0.25) is 0 Å². The minimum atomic E-state index is -0.245. The molecule has 0 saturated carbocycles. The number of ether oxygens (including phenoxy) is 2. The van der Waals surface area contributed by atoms with E-state index in [9.17, 15) is 9.59 Å². The molecule has 124 valence electrons. The van der Waals surface area contributed by atoms with Gasteiger partial charge in [0.05, 0.1) is 18.8 Å². The van der Waals surface area contributed by atoms with E-state index < -0.39 is 0 Å². The number of hydrogen-bond acceptors (Lipinski definition) is 4. The lowest BCUT2D eigenvalue weighted by molar-refractivity contribution is -0.143. The second-order valence-corrected chi connectivity index (χ2v) is 5.83. The van der Waals surface area contributed by atoms with Crippen molar-refractivity contribution in [3.63, 3.8) is 0 Å². The molecule has 0 unspecified atom stereocenters. The van der Waals surface area contributed by atoms with Crippen molar-refractivity contribution in [3.8, 4) is 16.9 Å². The van der Waals surface area contributed by atoms with Crippen LogP contribution in [0, 0.1) is 0 Å². The number of fused-ring (bicyclic) bond motifs is 3. The second-order valence-electron chi connectivity index (χ2n) is 5.43. The van der Waals surface area contributed by atoms with E-state index in [2.05, 4.69) is 0 Å². The molecular formula is C19H17ClO4. The van der Waals surface area contributed by atoms with Crippen molar-refractivity contribution in [3.05, 3.63) is 52.5 Å². The molecule has 1 aliphatic carbocycles. The number of carbonyl (C=O) groups is 2. The highest BCUT2D eigenvalue weighted by Crippen LogP contribution is 2.45. The molecule has 0 radical (unpaired) electrons. The molecule has 0 atom stereocenters. The van der Waals surface area contributed by atoms with Crippen LogP contribution < -0.4 is 4.74 Å². The van der Waals surface area contributed by atoms with Gasteiger partial charge in [-0.3, -0.25) is 9.59 Å². The third-order valence-corrected chi connectivity index (χ3v) is 4.19. The summed E-state index contributed by atoms with van der Waals surface area (Å²) >= 11 is 6.30. The van der Waals surface area contributed by atoms with Gasteiger partial charge in [0.15, 0.2) is 5.78 Å². The quantitative estimate of drug-likeness (QED) is 0.495. The van der Waals surface area contributed by atoms with Crippen LogP contribution in [0.1, 0.15) is 35.7 Å².